The highest BCUT2D eigenvalue weighted by atomic mass is 16.6. The fourth-order valence-electron chi connectivity index (χ4n) is 1.23. The van der Waals surface area contributed by atoms with Crippen molar-refractivity contribution in [3.8, 4) is 0 Å². The van der Waals surface area contributed by atoms with E-state index in [2.05, 4.69) is 0 Å². The maximum Gasteiger partial charge on any atom is 0.210 e. The molecule has 0 amide bonds. The van der Waals surface area contributed by atoms with Gasteiger partial charge in [-0.25, -0.2) is 0 Å². The van der Waals surface area contributed by atoms with Gasteiger partial charge in [0.05, 0.1) is 0 Å². The molecule has 0 saturated heterocycles. The Hall–Kier alpha value is -0.860. The zero-order valence-corrected chi connectivity index (χ0v) is 5.82. The molecule has 1 aliphatic carbocycles. The zero-order chi connectivity index (χ0) is 7.40. The summed E-state index contributed by atoms with van der Waals surface area (Å²) in [6.07, 6.45) is 7.19. The highest BCUT2D eigenvalue weighted by Gasteiger charge is 2.13. The molecular formula is C7H11NO2. The molecule has 0 radical (unpaired) electrons. The van der Waals surface area contributed by atoms with Crippen molar-refractivity contribution in [2.45, 2.75) is 19.3 Å². The average Bonchev–Trinajstić information content (AvgIpc) is 1.88. The second-order valence-electron chi connectivity index (χ2n) is 2.63. The van der Waals surface area contributed by atoms with Crippen LogP contribution >= 0.6 is 0 Å². The Morgan fingerprint density at radius 2 is 2.50 bits per heavy atom. The summed E-state index contributed by atoms with van der Waals surface area (Å²) in [5, 5.41) is 10.0. The van der Waals surface area contributed by atoms with E-state index in [4.69, 9.17) is 0 Å². The van der Waals surface area contributed by atoms with Gasteiger partial charge in [0.1, 0.15) is 0 Å². The van der Waals surface area contributed by atoms with Crippen LogP contribution in [0.2, 0.25) is 0 Å². The van der Waals surface area contributed by atoms with Crippen LogP contribution in [0.5, 0.6) is 0 Å². The zero-order valence-electron chi connectivity index (χ0n) is 5.82. The van der Waals surface area contributed by atoms with Crippen molar-refractivity contribution in [2.75, 3.05) is 6.54 Å². The summed E-state index contributed by atoms with van der Waals surface area (Å²) in [4.78, 5) is 9.80. The first-order valence-corrected chi connectivity index (χ1v) is 3.57. The van der Waals surface area contributed by atoms with Gasteiger partial charge in [0, 0.05) is 10.8 Å². The van der Waals surface area contributed by atoms with Crippen molar-refractivity contribution >= 4 is 0 Å². The van der Waals surface area contributed by atoms with Crippen molar-refractivity contribution in [2.24, 2.45) is 5.92 Å². The number of nitrogens with zero attached hydrogens (tertiary/aromatic N) is 1. The van der Waals surface area contributed by atoms with E-state index in [0.29, 0.717) is 0 Å². The Kier molecular flexibility index (Phi) is 2.42. The first kappa shape index (κ1) is 7.25. The fraction of sp³-hybridized carbons (Fsp3) is 0.714. The van der Waals surface area contributed by atoms with E-state index >= 15 is 0 Å². The van der Waals surface area contributed by atoms with Gasteiger partial charge in [-0.05, 0) is 19.3 Å². The van der Waals surface area contributed by atoms with Crippen LogP contribution in [0.3, 0.4) is 0 Å². The molecule has 3 heteroatoms. The van der Waals surface area contributed by atoms with Crippen LogP contribution in [0.15, 0.2) is 12.2 Å². The molecular weight excluding hydrogens is 130 g/mol. The van der Waals surface area contributed by atoms with E-state index in [0.717, 1.165) is 19.3 Å². The maximum absolute atomic E-state index is 10.0. The molecule has 1 aliphatic rings. The molecule has 56 valence electrons. The number of nitro groups is 1. The second-order valence-corrected chi connectivity index (χ2v) is 2.63. The van der Waals surface area contributed by atoms with E-state index in [9.17, 15) is 10.1 Å². The smallest absolute Gasteiger partial charge is 0.210 e. The van der Waals surface area contributed by atoms with E-state index in [1.807, 2.05) is 12.2 Å². The molecule has 10 heavy (non-hydrogen) atoms. The number of allylic oxidation sites excluding steroid dienone is 1. The molecule has 0 fully saturated rings. The van der Waals surface area contributed by atoms with Gasteiger partial charge in [0.25, 0.3) is 0 Å². The van der Waals surface area contributed by atoms with Crippen LogP contribution < -0.4 is 0 Å². The summed E-state index contributed by atoms with van der Waals surface area (Å²) in [6.45, 7) is 0.108. The first-order valence-electron chi connectivity index (χ1n) is 3.57. The molecule has 0 aromatic carbocycles. The van der Waals surface area contributed by atoms with Crippen LogP contribution in [0.4, 0.5) is 0 Å². The highest BCUT2D eigenvalue weighted by molar-refractivity contribution is 4.92. The van der Waals surface area contributed by atoms with Gasteiger partial charge >= 0.3 is 0 Å². The maximum atomic E-state index is 10.0. The van der Waals surface area contributed by atoms with Crippen molar-refractivity contribution in [3.05, 3.63) is 22.3 Å². The Labute approximate surface area is 59.9 Å². The van der Waals surface area contributed by atoms with Crippen LogP contribution in [-0.2, 0) is 0 Å². The predicted octanol–water partition coefficient (Wildman–Crippen LogP) is 1.62. The lowest BCUT2D eigenvalue weighted by Crippen LogP contribution is -2.13. The van der Waals surface area contributed by atoms with E-state index in [1.165, 1.54) is 0 Å². The standard InChI is InChI=1S/C7H11NO2/c9-8(10)6-7-4-2-1-3-5-7/h2,4,7H,1,3,5-6H2/t7-/m0/s1. The topological polar surface area (TPSA) is 43.1 Å². The lowest BCUT2D eigenvalue weighted by Gasteiger charge is -2.10. The van der Waals surface area contributed by atoms with Gasteiger partial charge in [-0.1, -0.05) is 12.2 Å². The van der Waals surface area contributed by atoms with Crippen molar-refractivity contribution in [1.29, 1.82) is 0 Å². The minimum Gasteiger partial charge on any atom is -0.265 e. The van der Waals surface area contributed by atoms with Gasteiger partial charge < -0.3 is 0 Å². The normalized spacial score (nSPS) is 24.6. The first-order chi connectivity index (χ1) is 4.79. The molecule has 0 aromatic heterocycles. The number of rotatable bonds is 2. The van der Waals surface area contributed by atoms with Gasteiger partial charge in [0.2, 0.25) is 6.54 Å². The quantitative estimate of drug-likeness (QED) is 0.333. The molecule has 0 bridgehead atoms. The third-order valence-electron chi connectivity index (χ3n) is 1.74. The van der Waals surface area contributed by atoms with Crippen molar-refractivity contribution < 1.29 is 4.92 Å². The van der Waals surface area contributed by atoms with E-state index in [-0.39, 0.29) is 17.4 Å². The summed E-state index contributed by atoms with van der Waals surface area (Å²) in [7, 11) is 0. The number of hydrogen-bond donors (Lipinski definition) is 0. The molecule has 0 unspecified atom stereocenters. The third-order valence-corrected chi connectivity index (χ3v) is 1.74. The lowest BCUT2D eigenvalue weighted by atomic mass is 9.96. The third kappa shape index (κ3) is 2.17. The Balaban J connectivity index is 2.33. The summed E-state index contributed by atoms with van der Waals surface area (Å²) in [6, 6.07) is 0. The van der Waals surface area contributed by atoms with Gasteiger partial charge in [0.15, 0.2) is 0 Å². The van der Waals surface area contributed by atoms with E-state index < -0.39 is 0 Å². The molecule has 0 aliphatic heterocycles. The van der Waals surface area contributed by atoms with Crippen LogP contribution in [0.1, 0.15) is 19.3 Å². The average molecular weight is 141 g/mol. The van der Waals surface area contributed by atoms with Crippen LogP contribution in [-0.4, -0.2) is 11.5 Å². The molecule has 1 rings (SSSR count). The monoisotopic (exact) mass is 141 g/mol. The number of hydrogen-bond acceptors (Lipinski definition) is 2. The van der Waals surface area contributed by atoms with E-state index in [1.54, 1.807) is 0 Å². The molecule has 0 saturated carbocycles. The van der Waals surface area contributed by atoms with Gasteiger partial charge in [-0.3, -0.25) is 10.1 Å². The summed E-state index contributed by atoms with van der Waals surface area (Å²) in [5.41, 5.74) is 0. The second kappa shape index (κ2) is 3.34. The molecule has 1 atom stereocenters. The van der Waals surface area contributed by atoms with Crippen LogP contribution in [0.25, 0.3) is 0 Å². The predicted molar refractivity (Wildman–Crippen MR) is 38.3 cm³/mol. The molecule has 0 aromatic rings. The van der Waals surface area contributed by atoms with Crippen molar-refractivity contribution in [3.63, 3.8) is 0 Å². The molecule has 0 heterocycles. The minimum atomic E-state index is -0.236. The Morgan fingerprint density at radius 1 is 1.70 bits per heavy atom. The van der Waals surface area contributed by atoms with Gasteiger partial charge in [-0.2, -0.15) is 0 Å². The minimum absolute atomic E-state index is 0.108. The lowest BCUT2D eigenvalue weighted by molar-refractivity contribution is -0.486. The largest absolute Gasteiger partial charge is 0.265 e. The SMILES string of the molecule is O=[N+]([O-])C[C@H]1C=CCCC1. The summed E-state index contributed by atoms with van der Waals surface area (Å²) in [5.74, 6) is 0.198. The molecule has 0 N–H and O–H groups in total. The van der Waals surface area contributed by atoms with Crippen molar-refractivity contribution in [1.82, 2.24) is 0 Å². The van der Waals surface area contributed by atoms with Crippen LogP contribution in [0, 0.1) is 16.0 Å². The molecule has 0 spiro atoms. The molecule has 3 nitrogen and oxygen atoms in total. The summed E-state index contributed by atoms with van der Waals surface area (Å²) < 4.78 is 0. The van der Waals surface area contributed by atoms with Gasteiger partial charge in [-0.15, -0.1) is 0 Å². The summed E-state index contributed by atoms with van der Waals surface area (Å²) >= 11 is 0. The Morgan fingerprint density at radius 3 is 3.00 bits per heavy atom. The Bertz CT molecular complexity index is 154. The highest BCUT2D eigenvalue weighted by Crippen LogP contribution is 2.16. The fourth-order valence-corrected chi connectivity index (χ4v) is 1.23.